The minimum atomic E-state index is -0.465. The Kier molecular flexibility index (Phi) is 2.82. The summed E-state index contributed by atoms with van der Waals surface area (Å²) in [6.07, 6.45) is -0.465. The van der Waals surface area contributed by atoms with Gasteiger partial charge in [-0.05, 0) is 12.1 Å². The lowest BCUT2D eigenvalue weighted by Crippen LogP contribution is -2.16. The summed E-state index contributed by atoms with van der Waals surface area (Å²) in [5.74, 6) is -0.313. The molecule has 1 aromatic heterocycles. The van der Waals surface area contributed by atoms with Crippen LogP contribution in [0, 0.1) is 0 Å². The first-order chi connectivity index (χ1) is 10.7. The number of nitrogens with zero attached hydrogens (tertiary/aromatic N) is 2. The summed E-state index contributed by atoms with van der Waals surface area (Å²) < 4.78 is 7.41. The molecule has 0 bridgehead atoms. The summed E-state index contributed by atoms with van der Waals surface area (Å²) in [5, 5.41) is 5.79. The minimum absolute atomic E-state index is 0.313. The average molecular weight is 290 g/mol. The quantitative estimate of drug-likeness (QED) is 0.678. The number of benzene rings is 2. The predicted molar refractivity (Wildman–Crippen MR) is 84.8 cm³/mol. The van der Waals surface area contributed by atoms with Crippen LogP contribution in [0.4, 0.5) is 0 Å². The second-order valence-corrected chi connectivity index (χ2v) is 5.28. The van der Waals surface area contributed by atoms with Crippen LogP contribution in [0.25, 0.3) is 10.9 Å². The second-order valence-electron chi connectivity index (χ2n) is 5.28. The summed E-state index contributed by atoms with van der Waals surface area (Å²) in [4.78, 5) is 11.5. The fraction of sp³-hybridized carbons (Fsp3) is 0.111. The zero-order chi connectivity index (χ0) is 15.1. The van der Waals surface area contributed by atoms with Crippen LogP contribution in [0.5, 0.6) is 0 Å². The summed E-state index contributed by atoms with van der Waals surface area (Å²) in [7, 11) is 0. The smallest absolute Gasteiger partial charge is 0.303 e. The molecule has 4 heteroatoms. The molecule has 0 saturated heterocycles. The van der Waals surface area contributed by atoms with E-state index in [2.05, 4.69) is 0 Å². The van der Waals surface area contributed by atoms with Crippen molar-refractivity contribution >= 4 is 22.6 Å². The molecular weight excluding hydrogens is 276 g/mol. The van der Waals surface area contributed by atoms with Crippen LogP contribution in [0.1, 0.15) is 24.3 Å². The van der Waals surface area contributed by atoms with Gasteiger partial charge in [-0.25, -0.2) is 4.68 Å². The van der Waals surface area contributed by atoms with E-state index < -0.39 is 6.10 Å². The molecule has 1 aliphatic rings. The van der Waals surface area contributed by atoms with Gasteiger partial charge in [-0.15, -0.1) is 0 Å². The molecule has 1 unspecified atom stereocenters. The van der Waals surface area contributed by atoms with Gasteiger partial charge in [-0.1, -0.05) is 48.5 Å². The molecule has 108 valence electrons. The van der Waals surface area contributed by atoms with E-state index in [9.17, 15) is 4.79 Å². The summed E-state index contributed by atoms with van der Waals surface area (Å²) in [5.41, 5.74) is 3.62. The molecule has 0 spiro atoms. The number of para-hydroxylation sites is 1. The maximum atomic E-state index is 11.5. The van der Waals surface area contributed by atoms with Gasteiger partial charge in [0.25, 0.3) is 0 Å². The van der Waals surface area contributed by atoms with Crippen molar-refractivity contribution < 1.29 is 9.53 Å². The molecule has 4 nitrogen and oxygen atoms in total. The highest BCUT2D eigenvalue weighted by Crippen LogP contribution is 2.34. The Bertz CT molecular complexity index is 894. The van der Waals surface area contributed by atoms with Gasteiger partial charge in [-0.3, -0.25) is 4.79 Å². The Morgan fingerprint density at radius 1 is 1.09 bits per heavy atom. The van der Waals surface area contributed by atoms with Crippen LogP contribution in [-0.4, -0.2) is 16.4 Å². The van der Waals surface area contributed by atoms with E-state index in [1.165, 1.54) is 6.92 Å². The van der Waals surface area contributed by atoms with E-state index >= 15 is 0 Å². The van der Waals surface area contributed by atoms with Gasteiger partial charge in [0.05, 0.1) is 11.2 Å². The lowest BCUT2D eigenvalue weighted by molar-refractivity contribution is -0.143. The molecule has 1 atom stereocenters. The first-order valence-corrected chi connectivity index (χ1v) is 7.16. The molecule has 0 amide bonds. The molecular formula is C18H14N2O2. The van der Waals surface area contributed by atoms with E-state index in [1.807, 2.05) is 65.3 Å². The van der Waals surface area contributed by atoms with Gasteiger partial charge in [-0.2, -0.15) is 5.10 Å². The summed E-state index contributed by atoms with van der Waals surface area (Å²) in [6.45, 7) is 1.42. The van der Waals surface area contributed by atoms with E-state index in [0.717, 1.165) is 27.9 Å². The zero-order valence-corrected chi connectivity index (χ0v) is 12.1. The average Bonchev–Trinajstić information content (AvgIpc) is 3.05. The van der Waals surface area contributed by atoms with E-state index in [-0.39, 0.29) is 5.97 Å². The first kappa shape index (κ1) is 12.8. The predicted octanol–water partition coefficient (Wildman–Crippen LogP) is 3.51. The number of aromatic nitrogens is 1. The largest absolute Gasteiger partial charge is 0.449 e. The van der Waals surface area contributed by atoms with Crippen LogP contribution in [0.3, 0.4) is 0 Å². The highest BCUT2D eigenvalue weighted by Gasteiger charge is 2.32. The number of carbonyl (C=O) groups is 1. The molecule has 2 aromatic carbocycles. The number of rotatable bonds is 2. The topological polar surface area (TPSA) is 43.6 Å². The van der Waals surface area contributed by atoms with Gasteiger partial charge in [0.15, 0.2) is 6.10 Å². The number of carbonyl (C=O) groups excluding carboxylic acids is 1. The molecule has 0 fully saturated rings. The monoisotopic (exact) mass is 290 g/mol. The zero-order valence-electron chi connectivity index (χ0n) is 12.1. The highest BCUT2D eigenvalue weighted by atomic mass is 16.5. The van der Waals surface area contributed by atoms with E-state index in [1.54, 1.807) is 0 Å². The van der Waals surface area contributed by atoms with Crippen LogP contribution >= 0.6 is 0 Å². The van der Waals surface area contributed by atoms with Crippen LogP contribution in [0.15, 0.2) is 65.8 Å². The second kappa shape index (κ2) is 4.84. The van der Waals surface area contributed by atoms with Crippen LogP contribution in [0.2, 0.25) is 0 Å². The number of ether oxygens (including phenoxy) is 1. The summed E-state index contributed by atoms with van der Waals surface area (Å²) in [6, 6.07) is 19.9. The molecule has 0 aliphatic carbocycles. The highest BCUT2D eigenvalue weighted by molar-refractivity contribution is 6.07. The summed E-state index contributed by atoms with van der Waals surface area (Å²) >= 11 is 0. The maximum absolute atomic E-state index is 11.5. The van der Waals surface area contributed by atoms with Crippen molar-refractivity contribution in [3.05, 3.63) is 71.9 Å². The van der Waals surface area contributed by atoms with E-state index in [0.29, 0.717) is 0 Å². The Balaban J connectivity index is 1.91. The van der Waals surface area contributed by atoms with Crippen LogP contribution < -0.4 is 0 Å². The third-order valence-electron chi connectivity index (χ3n) is 3.79. The number of hydrogen-bond acceptors (Lipinski definition) is 3. The number of esters is 1. The Labute approximate surface area is 127 Å². The molecule has 0 radical (unpaired) electrons. The molecule has 22 heavy (non-hydrogen) atoms. The minimum Gasteiger partial charge on any atom is -0.449 e. The molecule has 3 aromatic rings. The first-order valence-electron chi connectivity index (χ1n) is 7.16. The molecule has 0 N–H and O–H groups in total. The van der Waals surface area contributed by atoms with Crippen molar-refractivity contribution in [1.29, 1.82) is 0 Å². The van der Waals surface area contributed by atoms with Gasteiger partial charge in [0.2, 0.25) is 0 Å². The van der Waals surface area contributed by atoms with Crippen molar-refractivity contribution in [2.45, 2.75) is 13.0 Å². The fourth-order valence-electron chi connectivity index (χ4n) is 2.86. The third kappa shape index (κ3) is 1.92. The van der Waals surface area contributed by atoms with Crippen LogP contribution in [-0.2, 0) is 9.53 Å². The molecule has 4 rings (SSSR count). The van der Waals surface area contributed by atoms with Crippen molar-refractivity contribution in [1.82, 2.24) is 4.68 Å². The number of fused-ring (bicyclic) bond motifs is 3. The van der Waals surface area contributed by atoms with Crippen molar-refractivity contribution in [3.8, 4) is 0 Å². The molecule has 2 heterocycles. The van der Waals surface area contributed by atoms with E-state index in [4.69, 9.17) is 9.84 Å². The van der Waals surface area contributed by atoms with Crippen molar-refractivity contribution in [2.75, 3.05) is 0 Å². The van der Waals surface area contributed by atoms with Gasteiger partial charge in [0, 0.05) is 17.9 Å². The Morgan fingerprint density at radius 3 is 2.59 bits per heavy atom. The van der Waals surface area contributed by atoms with Gasteiger partial charge < -0.3 is 4.74 Å². The SMILES string of the molecule is CC(=O)OC1C(c2ccccc2)=Nn2c1cc1ccccc12. The number of hydrogen-bond donors (Lipinski definition) is 0. The third-order valence-corrected chi connectivity index (χ3v) is 3.79. The normalized spacial score (nSPS) is 16.4. The van der Waals surface area contributed by atoms with Crippen molar-refractivity contribution in [3.63, 3.8) is 0 Å². The Morgan fingerprint density at radius 2 is 1.82 bits per heavy atom. The lowest BCUT2D eigenvalue weighted by atomic mass is 10.0. The molecule has 0 saturated carbocycles. The fourth-order valence-corrected chi connectivity index (χ4v) is 2.86. The molecule has 1 aliphatic heterocycles. The van der Waals surface area contributed by atoms with Crippen molar-refractivity contribution in [2.24, 2.45) is 5.10 Å². The maximum Gasteiger partial charge on any atom is 0.303 e. The van der Waals surface area contributed by atoms with Gasteiger partial charge in [0.1, 0.15) is 5.71 Å². The lowest BCUT2D eigenvalue weighted by Gasteiger charge is -2.12. The standard InChI is InChI=1S/C18H14N2O2/c1-12(21)22-18-16-11-14-9-5-6-10-15(14)20(16)19-17(18)13-7-3-2-4-8-13/h2-11,18H,1H3. The van der Waals surface area contributed by atoms with Gasteiger partial charge >= 0.3 is 5.97 Å². The Hall–Kier alpha value is -2.88.